The van der Waals surface area contributed by atoms with Crippen LogP contribution in [0.25, 0.3) is 22.2 Å². The Hall–Kier alpha value is -2.09. The van der Waals surface area contributed by atoms with Crippen molar-refractivity contribution in [3.63, 3.8) is 0 Å². The molecule has 1 aromatic heterocycles. The van der Waals surface area contributed by atoms with E-state index in [1.165, 1.54) is 11.6 Å². The van der Waals surface area contributed by atoms with Crippen molar-refractivity contribution in [2.75, 3.05) is 0 Å². The maximum absolute atomic E-state index is 13.7. The number of hydrogen-bond donors (Lipinski definition) is 1. The summed E-state index contributed by atoms with van der Waals surface area (Å²) >= 11 is 0. The van der Waals surface area contributed by atoms with Crippen molar-refractivity contribution in [3.8, 4) is 11.3 Å². The molecule has 1 heterocycles. The van der Waals surface area contributed by atoms with Gasteiger partial charge in [-0.3, -0.25) is 0 Å². The summed E-state index contributed by atoms with van der Waals surface area (Å²) < 4.78 is 13.7. The summed E-state index contributed by atoms with van der Waals surface area (Å²) in [7, 11) is 0. The van der Waals surface area contributed by atoms with Crippen LogP contribution in [0.15, 0.2) is 48.5 Å². The monoisotopic (exact) mass is 225 g/mol. The largest absolute Gasteiger partial charge is 0.354 e. The minimum atomic E-state index is -0.197. The van der Waals surface area contributed by atoms with Crippen molar-refractivity contribution in [2.24, 2.45) is 0 Å². The van der Waals surface area contributed by atoms with E-state index in [0.717, 1.165) is 16.6 Å². The molecule has 2 heteroatoms. The van der Waals surface area contributed by atoms with Crippen LogP contribution < -0.4 is 0 Å². The van der Waals surface area contributed by atoms with Crippen LogP contribution in [0.1, 0.15) is 5.56 Å². The first-order valence-corrected chi connectivity index (χ1v) is 5.59. The molecule has 3 aromatic rings. The van der Waals surface area contributed by atoms with Crippen LogP contribution in [-0.2, 0) is 0 Å². The Morgan fingerprint density at radius 1 is 1.00 bits per heavy atom. The summed E-state index contributed by atoms with van der Waals surface area (Å²) in [6.45, 7) is 2.05. The SMILES string of the molecule is Cc1cccc2cc(-c3ccccc3F)[nH]c12. The van der Waals surface area contributed by atoms with Gasteiger partial charge in [0.1, 0.15) is 5.82 Å². The summed E-state index contributed by atoms with van der Waals surface area (Å²) in [5, 5.41) is 1.11. The number of hydrogen-bond acceptors (Lipinski definition) is 0. The van der Waals surface area contributed by atoms with Crippen molar-refractivity contribution in [3.05, 3.63) is 59.9 Å². The van der Waals surface area contributed by atoms with Gasteiger partial charge < -0.3 is 4.98 Å². The molecular weight excluding hydrogens is 213 g/mol. The Bertz CT molecular complexity index is 682. The molecule has 84 valence electrons. The van der Waals surface area contributed by atoms with Crippen LogP contribution in [0.2, 0.25) is 0 Å². The summed E-state index contributed by atoms with van der Waals surface area (Å²) in [5.41, 5.74) is 3.69. The number of rotatable bonds is 1. The van der Waals surface area contributed by atoms with E-state index in [-0.39, 0.29) is 5.82 Å². The maximum atomic E-state index is 13.7. The summed E-state index contributed by atoms with van der Waals surface area (Å²) in [4.78, 5) is 3.28. The third-order valence-electron chi connectivity index (χ3n) is 3.03. The number of H-pyrrole nitrogens is 1. The molecule has 0 saturated heterocycles. The van der Waals surface area contributed by atoms with Gasteiger partial charge in [-0.25, -0.2) is 4.39 Å². The predicted molar refractivity (Wildman–Crippen MR) is 68.4 cm³/mol. The highest BCUT2D eigenvalue weighted by molar-refractivity contribution is 5.88. The van der Waals surface area contributed by atoms with Gasteiger partial charge in [0.25, 0.3) is 0 Å². The first-order valence-electron chi connectivity index (χ1n) is 5.59. The Balaban J connectivity index is 2.26. The number of aryl methyl sites for hydroxylation is 1. The van der Waals surface area contributed by atoms with Crippen molar-refractivity contribution in [2.45, 2.75) is 6.92 Å². The summed E-state index contributed by atoms with van der Waals surface area (Å²) in [5.74, 6) is -0.197. The Kier molecular flexibility index (Phi) is 2.22. The third-order valence-corrected chi connectivity index (χ3v) is 3.03. The molecule has 1 nitrogen and oxygen atoms in total. The zero-order valence-electron chi connectivity index (χ0n) is 9.50. The van der Waals surface area contributed by atoms with Gasteiger partial charge in [-0.05, 0) is 30.7 Å². The standard InChI is InChI=1S/C15H12FN/c1-10-5-4-6-11-9-14(17-15(10)11)12-7-2-3-8-13(12)16/h2-9,17H,1H3. The van der Waals surface area contributed by atoms with Crippen LogP contribution in [-0.4, -0.2) is 4.98 Å². The van der Waals surface area contributed by atoms with Crippen LogP contribution in [0.5, 0.6) is 0 Å². The average molecular weight is 225 g/mol. The molecule has 3 rings (SSSR count). The second kappa shape index (κ2) is 3.74. The molecule has 0 fully saturated rings. The maximum Gasteiger partial charge on any atom is 0.132 e. The molecule has 0 saturated carbocycles. The van der Waals surface area contributed by atoms with Gasteiger partial charge in [0, 0.05) is 22.2 Å². The minimum absolute atomic E-state index is 0.197. The number of para-hydroxylation sites is 1. The lowest BCUT2D eigenvalue weighted by atomic mass is 10.1. The molecule has 0 aliphatic heterocycles. The van der Waals surface area contributed by atoms with E-state index in [4.69, 9.17) is 0 Å². The van der Waals surface area contributed by atoms with Gasteiger partial charge in [-0.15, -0.1) is 0 Å². The quantitative estimate of drug-likeness (QED) is 0.636. The van der Waals surface area contributed by atoms with Crippen molar-refractivity contribution in [1.82, 2.24) is 4.98 Å². The van der Waals surface area contributed by atoms with Crippen LogP contribution >= 0.6 is 0 Å². The van der Waals surface area contributed by atoms with Crippen LogP contribution in [0, 0.1) is 12.7 Å². The smallest absolute Gasteiger partial charge is 0.132 e. The Morgan fingerprint density at radius 3 is 2.59 bits per heavy atom. The second-order valence-electron chi connectivity index (χ2n) is 4.20. The lowest BCUT2D eigenvalue weighted by Gasteiger charge is -1.99. The number of benzene rings is 2. The molecule has 0 spiro atoms. The summed E-state index contributed by atoms with van der Waals surface area (Å²) in [6, 6.07) is 14.9. The number of fused-ring (bicyclic) bond motifs is 1. The first-order chi connectivity index (χ1) is 8.25. The molecule has 0 atom stereocenters. The Morgan fingerprint density at radius 2 is 1.82 bits per heavy atom. The molecular formula is C15H12FN. The fourth-order valence-corrected chi connectivity index (χ4v) is 2.13. The normalized spacial score (nSPS) is 10.9. The van der Waals surface area contributed by atoms with Crippen molar-refractivity contribution >= 4 is 10.9 Å². The number of aromatic amines is 1. The number of aromatic nitrogens is 1. The van der Waals surface area contributed by atoms with Gasteiger partial charge in [-0.2, -0.15) is 0 Å². The van der Waals surface area contributed by atoms with E-state index >= 15 is 0 Å². The van der Waals surface area contributed by atoms with Gasteiger partial charge in [0.05, 0.1) is 0 Å². The van der Waals surface area contributed by atoms with E-state index in [1.807, 2.05) is 37.3 Å². The number of halogens is 1. The Labute approximate surface area is 98.9 Å². The highest BCUT2D eigenvalue weighted by Crippen LogP contribution is 2.27. The second-order valence-corrected chi connectivity index (χ2v) is 4.20. The topological polar surface area (TPSA) is 15.8 Å². The van der Waals surface area contributed by atoms with Gasteiger partial charge >= 0.3 is 0 Å². The fourth-order valence-electron chi connectivity index (χ4n) is 2.13. The summed E-state index contributed by atoms with van der Waals surface area (Å²) in [6.07, 6.45) is 0. The molecule has 1 N–H and O–H groups in total. The molecule has 0 radical (unpaired) electrons. The average Bonchev–Trinajstić information content (AvgIpc) is 2.75. The van der Waals surface area contributed by atoms with Gasteiger partial charge in [-0.1, -0.05) is 30.3 Å². The van der Waals surface area contributed by atoms with E-state index in [0.29, 0.717) is 5.56 Å². The van der Waals surface area contributed by atoms with Crippen LogP contribution in [0.4, 0.5) is 4.39 Å². The molecule has 17 heavy (non-hydrogen) atoms. The first kappa shape index (κ1) is 10.1. The zero-order chi connectivity index (χ0) is 11.8. The third kappa shape index (κ3) is 1.62. The lowest BCUT2D eigenvalue weighted by molar-refractivity contribution is 0.631. The van der Waals surface area contributed by atoms with Crippen molar-refractivity contribution in [1.29, 1.82) is 0 Å². The van der Waals surface area contributed by atoms with E-state index in [9.17, 15) is 4.39 Å². The molecule has 0 amide bonds. The van der Waals surface area contributed by atoms with E-state index < -0.39 is 0 Å². The lowest BCUT2D eigenvalue weighted by Crippen LogP contribution is -1.82. The number of nitrogens with one attached hydrogen (secondary N) is 1. The molecule has 0 unspecified atom stereocenters. The zero-order valence-corrected chi connectivity index (χ0v) is 9.50. The minimum Gasteiger partial charge on any atom is -0.354 e. The fraction of sp³-hybridized carbons (Fsp3) is 0.0667. The molecule has 0 aliphatic rings. The van der Waals surface area contributed by atoms with Crippen LogP contribution in [0.3, 0.4) is 0 Å². The van der Waals surface area contributed by atoms with Crippen molar-refractivity contribution < 1.29 is 4.39 Å². The molecule has 0 bridgehead atoms. The molecule has 2 aromatic carbocycles. The van der Waals surface area contributed by atoms with E-state index in [2.05, 4.69) is 4.98 Å². The van der Waals surface area contributed by atoms with Gasteiger partial charge in [0.15, 0.2) is 0 Å². The highest BCUT2D eigenvalue weighted by Gasteiger charge is 2.08. The molecule has 0 aliphatic carbocycles. The predicted octanol–water partition coefficient (Wildman–Crippen LogP) is 4.28. The van der Waals surface area contributed by atoms with E-state index in [1.54, 1.807) is 12.1 Å². The highest BCUT2D eigenvalue weighted by atomic mass is 19.1. The van der Waals surface area contributed by atoms with Gasteiger partial charge in [0.2, 0.25) is 0 Å².